The number of hydrogen-bond acceptors (Lipinski definition) is 4. The molecule has 1 fully saturated rings. The SMILES string of the molecule is CCNC(=NCc1nccs1)NC1CN(C(C)C)CC1C. The Bertz CT molecular complexity index is 443. The van der Waals surface area contributed by atoms with E-state index in [1.807, 2.05) is 11.6 Å². The molecule has 0 radical (unpaired) electrons. The summed E-state index contributed by atoms with van der Waals surface area (Å²) in [5.41, 5.74) is 0. The van der Waals surface area contributed by atoms with Gasteiger partial charge in [-0.05, 0) is 26.7 Å². The van der Waals surface area contributed by atoms with Crippen LogP contribution in [0.4, 0.5) is 0 Å². The number of hydrogen-bond donors (Lipinski definition) is 2. The third-order valence-electron chi connectivity index (χ3n) is 3.89. The average Bonchev–Trinajstić information content (AvgIpc) is 3.07. The summed E-state index contributed by atoms with van der Waals surface area (Å²) in [5, 5.41) is 9.96. The molecule has 2 atom stereocenters. The lowest BCUT2D eigenvalue weighted by molar-refractivity contribution is 0.265. The molecule has 1 aliphatic heterocycles. The lowest BCUT2D eigenvalue weighted by Gasteiger charge is -2.21. The highest BCUT2D eigenvalue weighted by Gasteiger charge is 2.31. The number of aliphatic imine (C=N–C) groups is 1. The van der Waals surface area contributed by atoms with E-state index >= 15 is 0 Å². The molecule has 0 aromatic carbocycles. The number of guanidine groups is 1. The Morgan fingerprint density at radius 2 is 2.33 bits per heavy atom. The predicted molar refractivity (Wildman–Crippen MR) is 89.7 cm³/mol. The van der Waals surface area contributed by atoms with Gasteiger partial charge in [0, 0.05) is 43.3 Å². The van der Waals surface area contributed by atoms with Gasteiger partial charge in [-0.15, -0.1) is 11.3 Å². The molecule has 1 saturated heterocycles. The van der Waals surface area contributed by atoms with Gasteiger partial charge >= 0.3 is 0 Å². The minimum Gasteiger partial charge on any atom is -0.357 e. The Morgan fingerprint density at radius 3 is 2.90 bits per heavy atom. The first kappa shape index (κ1) is 16.2. The van der Waals surface area contributed by atoms with Crippen molar-refractivity contribution in [1.29, 1.82) is 0 Å². The van der Waals surface area contributed by atoms with Gasteiger partial charge in [0.25, 0.3) is 0 Å². The minimum absolute atomic E-state index is 0.460. The van der Waals surface area contributed by atoms with Crippen LogP contribution in [0.3, 0.4) is 0 Å². The van der Waals surface area contributed by atoms with E-state index in [-0.39, 0.29) is 0 Å². The molecule has 2 N–H and O–H groups in total. The van der Waals surface area contributed by atoms with Gasteiger partial charge in [-0.25, -0.2) is 9.98 Å². The maximum Gasteiger partial charge on any atom is 0.191 e. The zero-order chi connectivity index (χ0) is 15.2. The van der Waals surface area contributed by atoms with Gasteiger partial charge in [-0.1, -0.05) is 6.92 Å². The molecule has 2 rings (SSSR count). The zero-order valence-electron chi connectivity index (χ0n) is 13.5. The number of aromatic nitrogens is 1. The molecule has 0 bridgehead atoms. The fourth-order valence-corrected chi connectivity index (χ4v) is 3.13. The van der Waals surface area contributed by atoms with E-state index in [2.05, 4.69) is 53.2 Å². The van der Waals surface area contributed by atoms with Crippen LogP contribution in [0.5, 0.6) is 0 Å². The van der Waals surface area contributed by atoms with Gasteiger partial charge in [0.1, 0.15) is 5.01 Å². The third-order valence-corrected chi connectivity index (χ3v) is 4.66. The van der Waals surface area contributed by atoms with E-state index in [0.717, 1.165) is 30.6 Å². The highest BCUT2D eigenvalue weighted by atomic mass is 32.1. The quantitative estimate of drug-likeness (QED) is 0.644. The van der Waals surface area contributed by atoms with Crippen molar-refractivity contribution in [2.24, 2.45) is 10.9 Å². The molecular formula is C15H27N5S. The summed E-state index contributed by atoms with van der Waals surface area (Å²) in [7, 11) is 0. The predicted octanol–water partition coefficient (Wildman–Crippen LogP) is 1.93. The Kier molecular flexibility index (Phi) is 5.99. The molecule has 6 heteroatoms. The van der Waals surface area contributed by atoms with Crippen molar-refractivity contribution in [2.45, 2.75) is 46.3 Å². The summed E-state index contributed by atoms with van der Waals surface area (Å²) < 4.78 is 0. The van der Waals surface area contributed by atoms with Crippen molar-refractivity contribution in [2.75, 3.05) is 19.6 Å². The molecule has 1 aromatic rings. The zero-order valence-corrected chi connectivity index (χ0v) is 14.3. The Balaban J connectivity index is 1.94. The van der Waals surface area contributed by atoms with Crippen LogP contribution in [0.2, 0.25) is 0 Å². The van der Waals surface area contributed by atoms with E-state index in [4.69, 9.17) is 0 Å². The Morgan fingerprint density at radius 1 is 1.52 bits per heavy atom. The van der Waals surface area contributed by atoms with Gasteiger partial charge in [0.15, 0.2) is 5.96 Å². The van der Waals surface area contributed by atoms with E-state index in [1.165, 1.54) is 0 Å². The number of thiazole rings is 1. The van der Waals surface area contributed by atoms with E-state index in [0.29, 0.717) is 24.5 Å². The van der Waals surface area contributed by atoms with Crippen molar-refractivity contribution in [3.63, 3.8) is 0 Å². The largest absolute Gasteiger partial charge is 0.357 e. The van der Waals surface area contributed by atoms with E-state index in [9.17, 15) is 0 Å². The summed E-state index contributed by atoms with van der Waals surface area (Å²) >= 11 is 1.65. The number of nitrogens with zero attached hydrogens (tertiary/aromatic N) is 3. The van der Waals surface area contributed by atoms with Crippen molar-refractivity contribution < 1.29 is 0 Å². The molecule has 2 heterocycles. The first-order valence-corrected chi connectivity index (χ1v) is 8.65. The number of likely N-dealkylation sites (tertiary alicyclic amines) is 1. The molecule has 1 aliphatic rings. The standard InChI is InChI=1S/C15H27N5S/c1-5-16-15(18-8-14-17-6-7-21-14)19-13-10-20(11(2)3)9-12(13)4/h6-7,11-13H,5,8-10H2,1-4H3,(H2,16,18,19). The van der Waals surface area contributed by atoms with Gasteiger partial charge in [-0.2, -0.15) is 0 Å². The van der Waals surface area contributed by atoms with Gasteiger partial charge < -0.3 is 10.6 Å². The summed E-state index contributed by atoms with van der Waals surface area (Å²) in [6.07, 6.45) is 1.83. The summed E-state index contributed by atoms with van der Waals surface area (Å²) in [4.78, 5) is 11.4. The monoisotopic (exact) mass is 309 g/mol. The third kappa shape index (κ3) is 4.68. The first-order valence-electron chi connectivity index (χ1n) is 7.77. The Hall–Kier alpha value is -1.14. The lowest BCUT2D eigenvalue weighted by atomic mass is 10.1. The molecule has 0 saturated carbocycles. The van der Waals surface area contributed by atoms with Crippen LogP contribution in [0.15, 0.2) is 16.6 Å². The molecule has 118 valence electrons. The minimum atomic E-state index is 0.460. The lowest BCUT2D eigenvalue weighted by Crippen LogP contribution is -2.46. The smallest absolute Gasteiger partial charge is 0.191 e. The van der Waals surface area contributed by atoms with E-state index < -0.39 is 0 Å². The molecular weight excluding hydrogens is 282 g/mol. The normalized spacial score (nSPS) is 23.8. The second-order valence-electron chi connectivity index (χ2n) is 5.90. The van der Waals surface area contributed by atoms with Crippen LogP contribution in [0.1, 0.15) is 32.7 Å². The van der Waals surface area contributed by atoms with Crippen LogP contribution in [0.25, 0.3) is 0 Å². The van der Waals surface area contributed by atoms with Gasteiger partial charge in [-0.3, -0.25) is 4.90 Å². The highest BCUT2D eigenvalue weighted by Crippen LogP contribution is 2.18. The van der Waals surface area contributed by atoms with Gasteiger partial charge in [0.05, 0.1) is 6.54 Å². The second-order valence-corrected chi connectivity index (χ2v) is 6.88. The molecule has 5 nitrogen and oxygen atoms in total. The highest BCUT2D eigenvalue weighted by molar-refractivity contribution is 7.09. The first-order chi connectivity index (χ1) is 10.1. The molecule has 0 spiro atoms. The van der Waals surface area contributed by atoms with Crippen LogP contribution in [0, 0.1) is 5.92 Å². The fraction of sp³-hybridized carbons (Fsp3) is 0.733. The van der Waals surface area contributed by atoms with Crippen molar-refractivity contribution in [3.05, 3.63) is 16.6 Å². The molecule has 21 heavy (non-hydrogen) atoms. The molecule has 2 unspecified atom stereocenters. The second kappa shape index (κ2) is 7.75. The van der Waals surface area contributed by atoms with Crippen LogP contribution in [-0.2, 0) is 6.54 Å². The fourth-order valence-electron chi connectivity index (χ4n) is 2.59. The van der Waals surface area contributed by atoms with Crippen LogP contribution >= 0.6 is 11.3 Å². The molecule has 1 aromatic heterocycles. The molecule has 0 amide bonds. The maximum absolute atomic E-state index is 4.65. The van der Waals surface area contributed by atoms with Crippen molar-refractivity contribution >= 4 is 17.3 Å². The summed E-state index contributed by atoms with van der Waals surface area (Å²) in [6, 6.07) is 1.07. The number of nitrogens with one attached hydrogen (secondary N) is 2. The van der Waals surface area contributed by atoms with Crippen molar-refractivity contribution in [1.82, 2.24) is 20.5 Å². The van der Waals surface area contributed by atoms with Crippen LogP contribution in [-0.4, -0.2) is 47.6 Å². The van der Waals surface area contributed by atoms with Crippen molar-refractivity contribution in [3.8, 4) is 0 Å². The maximum atomic E-state index is 4.65. The number of rotatable bonds is 5. The van der Waals surface area contributed by atoms with Crippen LogP contribution < -0.4 is 10.6 Å². The average molecular weight is 309 g/mol. The molecule has 0 aliphatic carbocycles. The van der Waals surface area contributed by atoms with E-state index in [1.54, 1.807) is 11.3 Å². The summed E-state index contributed by atoms with van der Waals surface area (Å²) in [6.45, 7) is 12.7. The topological polar surface area (TPSA) is 52.6 Å². The summed E-state index contributed by atoms with van der Waals surface area (Å²) in [5.74, 6) is 1.53. The van der Waals surface area contributed by atoms with Gasteiger partial charge in [0.2, 0.25) is 0 Å². The Labute approximate surface area is 131 Å².